The topological polar surface area (TPSA) is 32.3 Å². The molecule has 1 aliphatic rings. The van der Waals surface area contributed by atoms with Crippen molar-refractivity contribution in [3.63, 3.8) is 0 Å². The predicted molar refractivity (Wildman–Crippen MR) is 72.0 cm³/mol. The molecule has 3 heteroatoms. The van der Waals surface area contributed by atoms with E-state index in [2.05, 4.69) is 31.0 Å². The van der Waals surface area contributed by atoms with Gasteiger partial charge in [-0.1, -0.05) is 13.3 Å². The van der Waals surface area contributed by atoms with Crippen molar-refractivity contribution in [2.45, 2.75) is 58.9 Å². The van der Waals surface area contributed by atoms with E-state index in [1.807, 2.05) is 0 Å². The summed E-state index contributed by atoms with van der Waals surface area (Å²) in [6.07, 6.45) is 5.27. The zero-order chi connectivity index (χ0) is 12.7. The second-order valence-corrected chi connectivity index (χ2v) is 5.44. The molecule has 17 heavy (non-hydrogen) atoms. The molecule has 0 aromatic rings. The Balaban J connectivity index is 2.43. The number of rotatable bonds is 6. The Morgan fingerprint density at radius 3 is 2.53 bits per heavy atom. The van der Waals surface area contributed by atoms with Crippen LogP contribution in [0.15, 0.2) is 0 Å². The van der Waals surface area contributed by atoms with Gasteiger partial charge in [0, 0.05) is 19.0 Å². The molecule has 1 N–H and O–H groups in total. The molecule has 0 unspecified atom stereocenters. The third-order valence-corrected chi connectivity index (χ3v) is 3.60. The molecule has 0 aromatic heterocycles. The van der Waals surface area contributed by atoms with Crippen LogP contribution in [-0.4, -0.2) is 36.5 Å². The molecule has 0 aromatic carbocycles. The SMILES string of the molecule is CCCCC(=O)N(CC1CCNCC1)C(C)C. The van der Waals surface area contributed by atoms with E-state index >= 15 is 0 Å². The van der Waals surface area contributed by atoms with Crippen LogP contribution in [0.3, 0.4) is 0 Å². The number of hydrogen-bond acceptors (Lipinski definition) is 2. The van der Waals surface area contributed by atoms with Gasteiger partial charge in [-0.15, -0.1) is 0 Å². The molecule has 0 aliphatic carbocycles. The summed E-state index contributed by atoms with van der Waals surface area (Å²) in [7, 11) is 0. The summed E-state index contributed by atoms with van der Waals surface area (Å²) in [5.41, 5.74) is 0. The molecule has 1 fully saturated rings. The number of carbonyl (C=O) groups excluding carboxylic acids is 1. The number of nitrogens with one attached hydrogen (secondary N) is 1. The van der Waals surface area contributed by atoms with Crippen molar-refractivity contribution in [1.82, 2.24) is 10.2 Å². The summed E-state index contributed by atoms with van der Waals surface area (Å²) < 4.78 is 0. The molecule has 100 valence electrons. The van der Waals surface area contributed by atoms with Gasteiger partial charge >= 0.3 is 0 Å². The first-order valence-electron chi connectivity index (χ1n) is 7.15. The minimum atomic E-state index is 0.342. The van der Waals surface area contributed by atoms with Gasteiger partial charge in [0.15, 0.2) is 0 Å². The van der Waals surface area contributed by atoms with Gasteiger partial charge in [-0.25, -0.2) is 0 Å². The van der Waals surface area contributed by atoms with Crippen molar-refractivity contribution < 1.29 is 4.79 Å². The number of nitrogens with zero attached hydrogens (tertiary/aromatic N) is 1. The highest BCUT2D eigenvalue weighted by molar-refractivity contribution is 5.76. The van der Waals surface area contributed by atoms with Crippen LogP contribution in [0.5, 0.6) is 0 Å². The number of hydrogen-bond donors (Lipinski definition) is 1. The van der Waals surface area contributed by atoms with E-state index in [1.165, 1.54) is 12.8 Å². The lowest BCUT2D eigenvalue weighted by Gasteiger charge is -2.33. The molecule has 1 amide bonds. The van der Waals surface area contributed by atoms with Gasteiger partial charge in [0.2, 0.25) is 5.91 Å². The summed E-state index contributed by atoms with van der Waals surface area (Å²) in [6, 6.07) is 0.342. The third-order valence-electron chi connectivity index (χ3n) is 3.60. The summed E-state index contributed by atoms with van der Waals surface area (Å²) >= 11 is 0. The summed E-state index contributed by atoms with van der Waals surface area (Å²) in [4.78, 5) is 14.2. The molecule has 0 bridgehead atoms. The van der Waals surface area contributed by atoms with E-state index in [1.54, 1.807) is 0 Å². The number of piperidine rings is 1. The lowest BCUT2D eigenvalue weighted by Crippen LogP contribution is -2.42. The molecule has 0 radical (unpaired) electrons. The Labute approximate surface area is 106 Å². The number of carbonyl (C=O) groups is 1. The molecule has 1 aliphatic heterocycles. The zero-order valence-corrected chi connectivity index (χ0v) is 11.7. The fourth-order valence-electron chi connectivity index (χ4n) is 2.41. The second kappa shape index (κ2) is 7.70. The van der Waals surface area contributed by atoms with Crippen molar-refractivity contribution in [2.75, 3.05) is 19.6 Å². The number of unbranched alkanes of at least 4 members (excludes halogenated alkanes) is 1. The maximum Gasteiger partial charge on any atom is 0.222 e. The molecule has 0 saturated carbocycles. The van der Waals surface area contributed by atoms with Crippen LogP contribution in [0.1, 0.15) is 52.9 Å². The average molecular weight is 240 g/mol. The maximum absolute atomic E-state index is 12.1. The van der Waals surface area contributed by atoms with Crippen LogP contribution in [-0.2, 0) is 4.79 Å². The lowest BCUT2D eigenvalue weighted by molar-refractivity contribution is -0.133. The quantitative estimate of drug-likeness (QED) is 0.773. The highest BCUT2D eigenvalue weighted by Gasteiger charge is 2.22. The summed E-state index contributed by atoms with van der Waals surface area (Å²) in [6.45, 7) is 9.58. The van der Waals surface area contributed by atoms with Crippen molar-refractivity contribution in [3.05, 3.63) is 0 Å². The Hall–Kier alpha value is -0.570. The number of amides is 1. The van der Waals surface area contributed by atoms with Gasteiger partial charge in [0.25, 0.3) is 0 Å². The van der Waals surface area contributed by atoms with E-state index in [0.717, 1.165) is 38.9 Å². The molecule has 1 saturated heterocycles. The summed E-state index contributed by atoms with van der Waals surface area (Å²) in [5.74, 6) is 1.05. The van der Waals surface area contributed by atoms with Crippen LogP contribution in [0.4, 0.5) is 0 Å². The van der Waals surface area contributed by atoms with E-state index in [4.69, 9.17) is 0 Å². The van der Waals surface area contributed by atoms with Crippen LogP contribution in [0.25, 0.3) is 0 Å². The minimum Gasteiger partial charge on any atom is -0.340 e. The fourth-order valence-corrected chi connectivity index (χ4v) is 2.41. The molecule has 1 heterocycles. The van der Waals surface area contributed by atoms with Crippen LogP contribution in [0, 0.1) is 5.92 Å². The van der Waals surface area contributed by atoms with Gasteiger partial charge in [-0.2, -0.15) is 0 Å². The standard InChI is InChI=1S/C14H28N2O/c1-4-5-6-14(17)16(12(2)3)11-13-7-9-15-10-8-13/h12-13,15H,4-11H2,1-3H3. The second-order valence-electron chi connectivity index (χ2n) is 5.44. The van der Waals surface area contributed by atoms with Crippen LogP contribution >= 0.6 is 0 Å². The Bertz CT molecular complexity index is 222. The van der Waals surface area contributed by atoms with E-state index in [0.29, 0.717) is 17.9 Å². The van der Waals surface area contributed by atoms with Crippen molar-refractivity contribution in [1.29, 1.82) is 0 Å². The highest BCUT2D eigenvalue weighted by atomic mass is 16.2. The highest BCUT2D eigenvalue weighted by Crippen LogP contribution is 2.16. The van der Waals surface area contributed by atoms with Gasteiger partial charge in [-0.05, 0) is 52.1 Å². The molecular weight excluding hydrogens is 212 g/mol. The van der Waals surface area contributed by atoms with Crippen molar-refractivity contribution in [3.8, 4) is 0 Å². The molecular formula is C14H28N2O. The van der Waals surface area contributed by atoms with Gasteiger partial charge in [-0.3, -0.25) is 4.79 Å². The van der Waals surface area contributed by atoms with E-state index < -0.39 is 0 Å². The largest absolute Gasteiger partial charge is 0.340 e. The van der Waals surface area contributed by atoms with E-state index in [9.17, 15) is 4.79 Å². The smallest absolute Gasteiger partial charge is 0.222 e. The lowest BCUT2D eigenvalue weighted by atomic mass is 9.97. The first-order valence-corrected chi connectivity index (χ1v) is 7.15. The molecule has 3 nitrogen and oxygen atoms in total. The molecule has 1 rings (SSSR count). The third kappa shape index (κ3) is 5.07. The maximum atomic E-state index is 12.1. The molecule has 0 atom stereocenters. The van der Waals surface area contributed by atoms with E-state index in [-0.39, 0.29) is 0 Å². The first-order chi connectivity index (χ1) is 8.15. The first kappa shape index (κ1) is 14.5. The summed E-state index contributed by atoms with van der Waals surface area (Å²) in [5, 5.41) is 3.38. The Morgan fingerprint density at radius 1 is 1.35 bits per heavy atom. The Kier molecular flexibility index (Phi) is 6.56. The minimum absolute atomic E-state index is 0.342. The predicted octanol–water partition coefficient (Wildman–Crippen LogP) is 2.41. The Morgan fingerprint density at radius 2 is 2.00 bits per heavy atom. The normalized spacial score (nSPS) is 17.4. The van der Waals surface area contributed by atoms with Crippen molar-refractivity contribution in [2.24, 2.45) is 5.92 Å². The molecule has 0 spiro atoms. The van der Waals surface area contributed by atoms with Crippen LogP contribution < -0.4 is 5.32 Å². The van der Waals surface area contributed by atoms with Gasteiger partial charge in [0.05, 0.1) is 0 Å². The fraction of sp³-hybridized carbons (Fsp3) is 0.929. The van der Waals surface area contributed by atoms with Gasteiger partial charge in [0.1, 0.15) is 0 Å². The average Bonchev–Trinajstić information content (AvgIpc) is 2.34. The van der Waals surface area contributed by atoms with Crippen molar-refractivity contribution >= 4 is 5.91 Å². The van der Waals surface area contributed by atoms with Crippen LogP contribution in [0.2, 0.25) is 0 Å². The zero-order valence-electron chi connectivity index (χ0n) is 11.7. The monoisotopic (exact) mass is 240 g/mol. The van der Waals surface area contributed by atoms with Gasteiger partial charge < -0.3 is 10.2 Å².